The number of thiophene rings is 1. The van der Waals surface area contributed by atoms with Crippen molar-refractivity contribution in [2.75, 3.05) is 13.2 Å². The van der Waals surface area contributed by atoms with E-state index >= 15 is 0 Å². The lowest BCUT2D eigenvalue weighted by atomic mass is 9.92. The van der Waals surface area contributed by atoms with E-state index in [0.29, 0.717) is 47.9 Å². The Hall–Kier alpha value is -2.37. The number of carboxylic acids is 2. The van der Waals surface area contributed by atoms with Gasteiger partial charge in [-0.25, -0.2) is 18.4 Å². The van der Waals surface area contributed by atoms with Crippen molar-refractivity contribution in [3.8, 4) is 0 Å². The first-order valence-electron chi connectivity index (χ1n) is 11.8. The highest BCUT2D eigenvalue weighted by Crippen LogP contribution is 2.45. The molecule has 0 radical (unpaired) electrons. The standard InChI is InChI=1S/C20H28F2N2O2S.C4H4O4/c1-12-15(16-10-17(16)23-14-4-8-26-9-5-14)11-18(27-12)19(25)24-13-2-6-20(21,22)7-3-13;5-3(6)1-2-4(7)8/h11,13-14,16-17,23H,2-10H2,1H3,(H,24,25);1-2H,(H,5,6)(H,7,8)/t16-,17+;/m0./s1. The Labute approximate surface area is 206 Å². The average Bonchev–Trinajstić information content (AvgIpc) is 3.44. The summed E-state index contributed by atoms with van der Waals surface area (Å²) in [5, 5.41) is 22.3. The van der Waals surface area contributed by atoms with Gasteiger partial charge in [-0.1, -0.05) is 0 Å². The van der Waals surface area contributed by atoms with Crippen LogP contribution in [-0.2, 0) is 14.3 Å². The first-order chi connectivity index (χ1) is 16.5. The molecule has 1 amide bonds. The summed E-state index contributed by atoms with van der Waals surface area (Å²) in [6, 6.07) is 2.92. The molecule has 1 aromatic rings. The summed E-state index contributed by atoms with van der Waals surface area (Å²) in [5.41, 5.74) is 1.27. The Kier molecular flexibility index (Phi) is 9.37. The molecule has 2 heterocycles. The van der Waals surface area contributed by atoms with Crippen LogP contribution >= 0.6 is 11.3 Å². The molecule has 2 aliphatic carbocycles. The lowest BCUT2D eigenvalue weighted by molar-refractivity contribution is -0.134. The first kappa shape index (κ1) is 27.2. The maximum Gasteiger partial charge on any atom is 0.328 e. The van der Waals surface area contributed by atoms with Crippen molar-refractivity contribution in [2.24, 2.45) is 0 Å². The predicted molar refractivity (Wildman–Crippen MR) is 126 cm³/mol. The minimum absolute atomic E-state index is 0.112. The zero-order valence-corrected chi connectivity index (χ0v) is 20.4. The molecule has 194 valence electrons. The zero-order valence-electron chi connectivity index (χ0n) is 19.6. The number of aliphatic carboxylic acids is 2. The Morgan fingerprint density at radius 2 is 1.66 bits per heavy atom. The van der Waals surface area contributed by atoms with Gasteiger partial charge in [-0.2, -0.15) is 0 Å². The molecule has 3 fully saturated rings. The van der Waals surface area contributed by atoms with Crippen molar-refractivity contribution >= 4 is 29.2 Å². The van der Waals surface area contributed by atoms with Gasteiger partial charge in [0.15, 0.2) is 0 Å². The van der Waals surface area contributed by atoms with Crippen LogP contribution in [0.15, 0.2) is 18.2 Å². The number of hydrogen-bond acceptors (Lipinski definition) is 6. The highest BCUT2D eigenvalue weighted by Gasteiger charge is 2.41. The summed E-state index contributed by atoms with van der Waals surface area (Å²) in [6.07, 6.45) is 4.83. The van der Waals surface area contributed by atoms with Gasteiger partial charge in [0.1, 0.15) is 0 Å². The van der Waals surface area contributed by atoms with Gasteiger partial charge >= 0.3 is 11.9 Å². The third kappa shape index (κ3) is 8.66. The zero-order chi connectivity index (χ0) is 25.6. The van der Waals surface area contributed by atoms with Crippen LogP contribution in [0.1, 0.15) is 71.0 Å². The molecule has 4 rings (SSSR count). The van der Waals surface area contributed by atoms with Crippen LogP contribution in [0.25, 0.3) is 0 Å². The Morgan fingerprint density at radius 1 is 1.06 bits per heavy atom. The molecule has 2 saturated carbocycles. The van der Waals surface area contributed by atoms with Crippen molar-refractivity contribution < 1.29 is 38.1 Å². The van der Waals surface area contributed by atoms with Crippen LogP contribution in [0.5, 0.6) is 0 Å². The minimum atomic E-state index is -2.56. The molecular formula is C24H32F2N2O6S. The van der Waals surface area contributed by atoms with Gasteiger partial charge in [0, 0.05) is 67.1 Å². The molecule has 0 spiro atoms. The van der Waals surface area contributed by atoms with E-state index in [0.717, 1.165) is 32.5 Å². The molecule has 0 unspecified atom stereocenters. The highest BCUT2D eigenvalue weighted by atomic mass is 32.1. The molecule has 8 nitrogen and oxygen atoms in total. The third-order valence-electron chi connectivity index (χ3n) is 6.46. The van der Waals surface area contributed by atoms with E-state index in [4.69, 9.17) is 14.9 Å². The van der Waals surface area contributed by atoms with E-state index in [1.165, 1.54) is 21.8 Å². The second kappa shape index (κ2) is 12.0. The largest absolute Gasteiger partial charge is 0.478 e. The van der Waals surface area contributed by atoms with Crippen LogP contribution < -0.4 is 10.6 Å². The van der Waals surface area contributed by atoms with Crippen LogP contribution in [0.4, 0.5) is 8.78 Å². The van der Waals surface area contributed by atoms with Crippen molar-refractivity contribution in [1.29, 1.82) is 0 Å². The maximum absolute atomic E-state index is 13.3. The van der Waals surface area contributed by atoms with Gasteiger partial charge in [-0.15, -0.1) is 11.3 Å². The Bertz CT molecular complexity index is 918. The predicted octanol–water partition coefficient (Wildman–Crippen LogP) is 3.70. The maximum atomic E-state index is 13.3. The quantitative estimate of drug-likeness (QED) is 0.409. The smallest absolute Gasteiger partial charge is 0.328 e. The first-order valence-corrected chi connectivity index (χ1v) is 12.6. The fraction of sp³-hybridized carbons (Fsp3) is 0.625. The number of alkyl halides is 2. The Balaban J connectivity index is 0.000000371. The number of rotatable bonds is 7. The fourth-order valence-corrected chi connectivity index (χ4v) is 5.45. The fourth-order valence-electron chi connectivity index (χ4n) is 4.45. The van der Waals surface area contributed by atoms with Crippen LogP contribution in [-0.4, -0.2) is 65.3 Å². The van der Waals surface area contributed by atoms with Crippen LogP contribution in [0, 0.1) is 6.92 Å². The number of carbonyl (C=O) groups excluding carboxylic acids is 1. The molecule has 35 heavy (non-hydrogen) atoms. The van der Waals surface area contributed by atoms with E-state index in [9.17, 15) is 23.2 Å². The lowest BCUT2D eigenvalue weighted by Crippen LogP contribution is -2.40. The minimum Gasteiger partial charge on any atom is -0.478 e. The molecule has 0 aromatic carbocycles. The molecule has 1 aromatic heterocycles. The number of amides is 1. The van der Waals surface area contributed by atoms with E-state index in [2.05, 4.69) is 17.6 Å². The van der Waals surface area contributed by atoms with Crippen LogP contribution in [0.2, 0.25) is 0 Å². The molecule has 4 N–H and O–H groups in total. The summed E-state index contributed by atoms with van der Waals surface area (Å²) in [4.78, 5) is 33.6. The van der Waals surface area contributed by atoms with Crippen LogP contribution in [0.3, 0.4) is 0 Å². The molecule has 1 saturated heterocycles. The van der Waals surface area contributed by atoms with E-state index in [-0.39, 0.29) is 24.8 Å². The monoisotopic (exact) mass is 514 g/mol. The van der Waals surface area contributed by atoms with Gasteiger partial charge < -0.3 is 25.6 Å². The number of halogens is 2. The highest BCUT2D eigenvalue weighted by molar-refractivity contribution is 7.14. The Morgan fingerprint density at radius 3 is 2.23 bits per heavy atom. The van der Waals surface area contributed by atoms with Gasteiger partial charge in [-0.05, 0) is 50.7 Å². The average molecular weight is 515 g/mol. The van der Waals surface area contributed by atoms with Gasteiger partial charge in [0.05, 0.1) is 4.88 Å². The molecular weight excluding hydrogens is 482 g/mol. The van der Waals surface area contributed by atoms with Crippen molar-refractivity contribution in [3.63, 3.8) is 0 Å². The molecule has 2 atom stereocenters. The van der Waals surface area contributed by atoms with E-state index in [1.54, 1.807) is 0 Å². The van der Waals surface area contributed by atoms with E-state index in [1.807, 2.05) is 6.07 Å². The topological polar surface area (TPSA) is 125 Å². The number of hydrogen-bond donors (Lipinski definition) is 4. The van der Waals surface area contributed by atoms with Gasteiger partial charge in [0.25, 0.3) is 5.91 Å². The summed E-state index contributed by atoms with van der Waals surface area (Å²) in [5.74, 6) is -4.70. The second-order valence-electron chi connectivity index (χ2n) is 9.24. The number of carboxylic acid groups (broad SMARTS) is 2. The normalized spacial score (nSPS) is 24.4. The van der Waals surface area contributed by atoms with Crippen molar-refractivity contribution in [2.45, 2.75) is 81.8 Å². The number of nitrogens with one attached hydrogen (secondary N) is 2. The number of aryl methyl sites for hydroxylation is 1. The van der Waals surface area contributed by atoms with Gasteiger partial charge in [0.2, 0.25) is 5.92 Å². The number of carbonyl (C=O) groups is 3. The molecule has 0 bridgehead atoms. The summed E-state index contributed by atoms with van der Waals surface area (Å²) in [7, 11) is 0. The summed E-state index contributed by atoms with van der Waals surface area (Å²) >= 11 is 1.52. The second-order valence-corrected chi connectivity index (χ2v) is 10.5. The molecule has 3 aliphatic rings. The van der Waals surface area contributed by atoms with E-state index < -0.39 is 17.9 Å². The lowest BCUT2D eigenvalue weighted by Gasteiger charge is -2.28. The van der Waals surface area contributed by atoms with Crippen molar-refractivity contribution in [1.82, 2.24) is 10.6 Å². The summed E-state index contributed by atoms with van der Waals surface area (Å²) < 4.78 is 32.0. The SMILES string of the molecule is Cc1sc(C(=O)NC2CCC(F)(F)CC2)cc1[C@@H]1C[C@H]1NC1CCOCC1.O=C(O)C=CC(=O)O. The molecule has 11 heteroatoms. The van der Waals surface area contributed by atoms with Gasteiger partial charge in [-0.3, -0.25) is 4.79 Å². The number of ether oxygens (including phenoxy) is 1. The van der Waals surface area contributed by atoms with Crippen molar-refractivity contribution in [3.05, 3.63) is 33.5 Å². The third-order valence-corrected chi connectivity index (χ3v) is 7.53. The molecule has 1 aliphatic heterocycles. The summed E-state index contributed by atoms with van der Waals surface area (Å²) in [6.45, 7) is 3.75.